The van der Waals surface area contributed by atoms with Gasteiger partial charge in [-0.15, -0.1) is 48.8 Å². The topological polar surface area (TPSA) is 47.6 Å². The van der Waals surface area contributed by atoms with E-state index < -0.39 is 0 Å². The molecule has 10 heteroatoms. The Morgan fingerprint density at radius 2 is 1.18 bits per heavy atom. The number of hydrogen-bond acceptors (Lipinski definition) is 10. The standard InChI is InChI=1S/C12H10N2S8/c13-3-1-5-17-9-7(15)19-11(21-9)12-20-8(16)10(22-12)18-6-2-4-14/h15-16H,1-2,5-6H2/b12-11-. The smallest absolute Gasteiger partial charge is 0.0717 e. The van der Waals surface area contributed by atoms with Gasteiger partial charge in [-0.25, -0.2) is 0 Å². The van der Waals surface area contributed by atoms with Crippen molar-refractivity contribution in [3.05, 3.63) is 25.4 Å². The van der Waals surface area contributed by atoms with Crippen LogP contribution in [0.2, 0.25) is 0 Å². The molecule has 2 aliphatic rings. The summed E-state index contributed by atoms with van der Waals surface area (Å²) in [6.45, 7) is 0. The van der Waals surface area contributed by atoms with E-state index >= 15 is 0 Å². The van der Waals surface area contributed by atoms with Crippen LogP contribution in [0.1, 0.15) is 12.8 Å². The van der Waals surface area contributed by atoms with Crippen molar-refractivity contribution in [1.82, 2.24) is 0 Å². The van der Waals surface area contributed by atoms with E-state index in [2.05, 4.69) is 37.4 Å². The molecule has 0 saturated carbocycles. The fourth-order valence-corrected chi connectivity index (χ4v) is 10.5. The van der Waals surface area contributed by atoms with E-state index in [1.807, 2.05) is 0 Å². The Labute approximate surface area is 167 Å². The fourth-order valence-electron chi connectivity index (χ4n) is 1.28. The van der Waals surface area contributed by atoms with Crippen molar-refractivity contribution >= 4 is 95.8 Å². The number of thiol groups is 2. The van der Waals surface area contributed by atoms with Crippen LogP contribution in [0.15, 0.2) is 25.4 Å². The van der Waals surface area contributed by atoms with Gasteiger partial charge in [0.2, 0.25) is 0 Å². The predicted molar refractivity (Wildman–Crippen MR) is 115 cm³/mol. The highest BCUT2D eigenvalue weighted by molar-refractivity contribution is 8.43. The minimum atomic E-state index is 0.553. The molecule has 0 fully saturated rings. The molecule has 22 heavy (non-hydrogen) atoms. The lowest BCUT2D eigenvalue weighted by Crippen LogP contribution is -1.75. The molecular weight excluding hydrogens is 429 g/mol. The van der Waals surface area contributed by atoms with Gasteiger partial charge in [0, 0.05) is 24.3 Å². The zero-order valence-corrected chi connectivity index (χ0v) is 17.8. The van der Waals surface area contributed by atoms with Crippen LogP contribution in [0.4, 0.5) is 0 Å². The highest BCUT2D eigenvalue weighted by Crippen LogP contribution is 2.64. The normalized spacial score (nSPS) is 21.5. The van der Waals surface area contributed by atoms with Crippen molar-refractivity contribution in [1.29, 1.82) is 10.5 Å². The number of thioether (sulfide) groups is 6. The lowest BCUT2D eigenvalue weighted by molar-refractivity contribution is 1.24. The molecule has 0 amide bonds. The summed E-state index contributed by atoms with van der Waals surface area (Å²) < 4.78 is 6.87. The second-order valence-electron chi connectivity index (χ2n) is 3.68. The third-order valence-electron chi connectivity index (χ3n) is 2.16. The Morgan fingerprint density at radius 1 is 0.773 bits per heavy atom. The Hall–Kier alpha value is 1.000. The molecule has 0 bridgehead atoms. The molecule has 0 aromatic carbocycles. The van der Waals surface area contributed by atoms with Gasteiger partial charge in [0.05, 0.1) is 37.6 Å². The number of nitrogens with zero attached hydrogens (tertiary/aromatic N) is 2. The first-order valence-corrected chi connectivity index (χ1v) is 12.1. The molecule has 0 aliphatic carbocycles. The first kappa shape index (κ1) is 19.3. The van der Waals surface area contributed by atoms with E-state index in [0.29, 0.717) is 12.8 Å². The lowest BCUT2D eigenvalue weighted by Gasteiger charge is -2.02. The Bertz CT molecular complexity index is 568. The zero-order chi connectivity index (χ0) is 15.9. The second-order valence-corrected chi connectivity index (χ2v) is 12.5. The van der Waals surface area contributed by atoms with E-state index in [4.69, 9.17) is 10.5 Å². The number of rotatable bonds is 6. The maximum atomic E-state index is 8.61. The summed E-state index contributed by atoms with van der Waals surface area (Å²) in [7, 11) is 0. The van der Waals surface area contributed by atoms with Gasteiger partial charge < -0.3 is 0 Å². The Balaban J connectivity index is 1.93. The molecule has 116 valence electrons. The maximum Gasteiger partial charge on any atom is 0.0717 e. The molecule has 0 N–H and O–H groups in total. The van der Waals surface area contributed by atoms with Crippen molar-refractivity contribution in [3.8, 4) is 12.1 Å². The SMILES string of the molecule is N#CCCSC1=C(S)S/C(=C2\SC(S)=C(SCCC#N)S2)S1. The van der Waals surface area contributed by atoms with Crippen molar-refractivity contribution < 1.29 is 0 Å². The molecule has 0 aromatic rings. The minimum Gasteiger partial charge on any atom is -0.198 e. The fraction of sp³-hybridized carbons (Fsp3) is 0.333. The van der Waals surface area contributed by atoms with E-state index in [1.165, 1.54) is 16.9 Å². The van der Waals surface area contributed by atoms with Crippen molar-refractivity contribution in [3.63, 3.8) is 0 Å². The van der Waals surface area contributed by atoms with Crippen LogP contribution in [-0.4, -0.2) is 11.5 Å². The molecule has 0 spiro atoms. The highest BCUT2D eigenvalue weighted by atomic mass is 32.3. The molecular formula is C12H10N2S8. The van der Waals surface area contributed by atoms with E-state index in [1.54, 1.807) is 70.6 Å². The van der Waals surface area contributed by atoms with Gasteiger partial charge >= 0.3 is 0 Å². The molecule has 0 aromatic heterocycles. The number of nitriles is 2. The summed E-state index contributed by atoms with van der Waals surface area (Å²) in [6.07, 6.45) is 1.11. The van der Waals surface area contributed by atoms with Crippen molar-refractivity contribution in [2.75, 3.05) is 11.5 Å². The van der Waals surface area contributed by atoms with Crippen LogP contribution in [-0.2, 0) is 0 Å². The zero-order valence-electron chi connectivity index (χ0n) is 11.1. The van der Waals surface area contributed by atoms with Crippen LogP contribution >= 0.6 is 95.8 Å². The molecule has 0 atom stereocenters. The molecule has 0 radical (unpaired) electrons. The monoisotopic (exact) mass is 438 g/mol. The van der Waals surface area contributed by atoms with Crippen molar-refractivity contribution in [2.45, 2.75) is 12.8 Å². The second kappa shape index (κ2) is 10.1. The summed E-state index contributed by atoms with van der Waals surface area (Å²) in [4.78, 5) is 0. The molecule has 0 saturated heterocycles. The van der Waals surface area contributed by atoms with Crippen LogP contribution in [0, 0.1) is 22.7 Å². The Kier molecular flexibility index (Phi) is 8.87. The predicted octanol–water partition coefficient (Wildman–Crippen LogP) is 6.48. The van der Waals surface area contributed by atoms with Gasteiger partial charge in [-0.2, -0.15) is 10.5 Å². The van der Waals surface area contributed by atoms with Crippen LogP contribution in [0.5, 0.6) is 0 Å². The molecule has 2 nitrogen and oxygen atoms in total. The minimum absolute atomic E-state index is 0.553. The third kappa shape index (κ3) is 5.52. The van der Waals surface area contributed by atoms with Gasteiger partial charge in [-0.1, -0.05) is 47.0 Å². The number of hydrogen-bond donors (Lipinski definition) is 2. The van der Waals surface area contributed by atoms with Crippen LogP contribution in [0.25, 0.3) is 0 Å². The van der Waals surface area contributed by atoms with E-state index in [9.17, 15) is 0 Å². The van der Waals surface area contributed by atoms with Crippen molar-refractivity contribution in [2.24, 2.45) is 0 Å². The summed E-state index contributed by atoms with van der Waals surface area (Å²) in [5.74, 6) is 1.61. The lowest BCUT2D eigenvalue weighted by atomic mass is 10.6. The highest BCUT2D eigenvalue weighted by Gasteiger charge is 2.28. The largest absolute Gasteiger partial charge is 0.198 e. The van der Waals surface area contributed by atoms with Crippen LogP contribution < -0.4 is 0 Å². The first-order valence-electron chi connectivity index (χ1n) is 5.97. The van der Waals surface area contributed by atoms with Crippen LogP contribution in [0.3, 0.4) is 0 Å². The molecule has 0 unspecified atom stereocenters. The van der Waals surface area contributed by atoms with Gasteiger partial charge in [-0.3, -0.25) is 0 Å². The molecule has 2 aliphatic heterocycles. The van der Waals surface area contributed by atoms with Gasteiger partial charge in [0.15, 0.2) is 0 Å². The average molecular weight is 439 g/mol. The quantitative estimate of drug-likeness (QED) is 0.361. The summed E-state index contributed by atoms with van der Waals surface area (Å²) in [5, 5.41) is 17.2. The molecule has 2 rings (SSSR count). The Morgan fingerprint density at radius 3 is 1.55 bits per heavy atom. The summed E-state index contributed by atoms with van der Waals surface area (Å²) in [5.41, 5.74) is 0. The summed E-state index contributed by atoms with van der Waals surface area (Å²) in [6, 6.07) is 4.32. The van der Waals surface area contributed by atoms with Gasteiger partial charge in [-0.05, 0) is 0 Å². The third-order valence-corrected chi connectivity index (χ3v) is 11.9. The van der Waals surface area contributed by atoms with Gasteiger partial charge in [0.1, 0.15) is 0 Å². The van der Waals surface area contributed by atoms with E-state index in [0.717, 1.165) is 20.0 Å². The van der Waals surface area contributed by atoms with Gasteiger partial charge in [0.25, 0.3) is 0 Å². The first-order chi connectivity index (χ1) is 10.7. The molecule has 2 heterocycles. The summed E-state index contributed by atoms with van der Waals surface area (Å²) >= 11 is 19.3. The average Bonchev–Trinajstić information content (AvgIpc) is 3.04. The maximum absolute atomic E-state index is 8.61. The van der Waals surface area contributed by atoms with E-state index in [-0.39, 0.29) is 0 Å².